The van der Waals surface area contributed by atoms with Gasteiger partial charge in [-0.1, -0.05) is 12.1 Å². The van der Waals surface area contributed by atoms with Crippen molar-refractivity contribution in [3.63, 3.8) is 0 Å². The molecule has 0 saturated heterocycles. The molecule has 0 bridgehead atoms. The van der Waals surface area contributed by atoms with E-state index in [1.807, 2.05) is 31.2 Å². The topological polar surface area (TPSA) is 57.0 Å². The van der Waals surface area contributed by atoms with E-state index >= 15 is 0 Å². The fourth-order valence-electron chi connectivity index (χ4n) is 5.57. The number of nitrogens with zero attached hydrogens (tertiary/aromatic N) is 3. The molecule has 0 N–H and O–H groups in total. The molecule has 0 aliphatic heterocycles. The maximum atomic E-state index is 14.6. The molecule has 0 spiro atoms. The SMILES string of the molecule is Cc1ccc2cc(C3CCC(c4c(C)cccc4F)CC3)c(=O)n(Cc3ncccc3OC(F)(F)F)c2n1. The standard InChI is InChI=1S/C29H27F4N3O2/c1-17-5-3-6-23(30)26(17)20-12-10-19(11-13-20)22-15-21-9-8-18(2)35-27(21)36(28(22)37)16-24-25(7-4-14-34-24)38-29(31,32)33/h3-9,14-15,19-20H,10-13,16H2,1-2H3. The summed E-state index contributed by atoms with van der Waals surface area (Å²) in [6, 6.07) is 13.2. The number of hydrogen-bond donors (Lipinski definition) is 0. The first-order chi connectivity index (χ1) is 18.1. The Morgan fingerprint density at radius 2 is 1.74 bits per heavy atom. The van der Waals surface area contributed by atoms with E-state index in [-0.39, 0.29) is 35.5 Å². The lowest BCUT2D eigenvalue weighted by Crippen LogP contribution is -2.29. The van der Waals surface area contributed by atoms with Gasteiger partial charge < -0.3 is 4.74 Å². The molecular weight excluding hydrogens is 498 g/mol. The van der Waals surface area contributed by atoms with Crippen LogP contribution in [0, 0.1) is 19.7 Å². The molecule has 1 aromatic carbocycles. The second-order valence-electron chi connectivity index (χ2n) is 9.87. The molecule has 0 amide bonds. The highest BCUT2D eigenvalue weighted by Crippen LogP contribution is 2.41. The van der Waals surface area contributed by atoms with Crippen molar-refractivity contribution < 1.29 is 22.3 Å². The molecule has 3 heterocycles. The Kier molecular flexibility index (Phi) is 6.94. The van der Waals surface area contributed by atoms with Crippen molar-refractivity contribution in [2.24, 2.45) is 0 Å². The molecule has 5 rings (SSSR count). The van der Waals surface area contributed by atoms with Gasteiger partial charge in [0.2, 0.25) is 0 Å². The van der Waals surface area contributed by atoms with E-state index in [1.54, 1.807) is 13.0 Å². The molecule has 1 fully saturated rings. The summed E-state index contributed by atoms with van der Waals surface area (Å²) in [7, 11) is 0. The van der Waals surface area contributed by atoms with Gasteiger partial charge in [0, 0.05) is 22.8 Å². The summed E-state index contributed by atoms with van der Waals surface area (Å²) in [4.78, 5) is 22.4. The molecule has 3 aromatic heterocycles. The van der Waals surface area contributed by atoms with Crippen LogP contribution in [0.1, 0.15) is 65.6 Å². The summed E-state index contributed by atoms with van der Waals surface area (Å²) in [5, 5.41) is 0.714. The van der Waals surface area contributed by atoms with Crippen molar-refractivity contribution in [3.05, 3.63) is 99.0 Å². The Morgan fingerprint density at radius 3 is 2.45 bits per heavy atom. The van der Waals surface area contributed by atoms with Gasteiger partial charge in [-0.05, 0) is 98.9 Å². The quantitative estimate of drug-likeness (QED) is 0.265. The predicted octanol–water partition coefficient (Wildman–Crippen LogP) is 6.94. The van der Waals surface area contributed by atoms with Crippen LogP contribution in [0.25, 0.3) is 11.0 Å². The number of hydrogen-bond acceptors (Lipinski definition) is 4. The number of benzene rings is 1. The first-order valence-electron chi connectivity index (χ1n) is 12.6. The van der Waals surface area contributed by atoms with Crippen LogP contribution in [-0.4, -0.2) is 20.9 Å². The van der Waals surface area contributed by atoms with Crippen LogP contribution in [0.15, 0.2) is 59.5 Å². The molecule has 1 aliphatic carbocycles. The highest BCUT2D eigenvalue weighted by atomic mass is 19.4. The van der Waals surface area contributed by atoms with Gasteiger partial charge in [-0.15, -0.1) is 13.2 Å². The summed E-state index contributed by atoms with van der Waals surface area (Å²) < 4.78 is 59.1. The molecule has 0 radical (unpaired) electrons. The van der Waals surface area contributed by atoms with Gasteiger partial charge in [-0.3, -0.25) is 14.3 Å². The Bertz CT molecular complexity index is 1520. The fourth-order valence-corrected chi connectivity index (χ4v) is 5.57. The summed E-state index contributed by atoms with van der Waals surface area (Å²) in [5.74, 6) is -0.637. The summed E-state index contributed by atoms with van der Waals surface area (Å²) in [6.07, 6.45) is -0.661. The minimum atomic E-state index is -4.89. The molecule has 0 atom stereocenters. The summed E-state index contributed by atoms with van der Waals surface area (Å²) in [5.41, 5.74) is 2.97. The lowest BCUT2D eigenvalue weighted by molar-refractivity contribution is -0.275. The molecule has 5 nitrogen and oxygen atoms in total. The van der Waals surface area contributed by atoms with E-state index in [1.165, 1.54) is 29.0 Å². The Hall–Kier alpha value is -3.75. The normalized spacial score (nSPS) is 18.1. The van der Waals surface area contributed by atoms with Crippen LogP contribution >= 0.6 is 0 Å². The molecule has 1 aliphatic rings. The zero-order valence-corrected chi connectivity index (χ0v) is 21.1. The van der Waals surface area contributed by atoms with Gasteiger partial charge in [0.25, 0.3) is 5.56 Å². The average molecular weight is 526 g/mol. The van der Waals surface area contributed by atoms with E-state index in [0.717, 1.165) is 24.0 Å². The number of rotatable bonds is 5. The van der Waals surface area contributed by atoms with Gasteiger partial charge in [0.05, 0.1) is 6.54 Å². The van der Waals surface area contributed by atoms with Gasteiger partial charge in [0.1, 0.15) is 17.2 Å². The van der Waals surface area contributed by atoms with Gasteiger partial charge >= 0.3 is 6.36 Å². The van der Waals surface area contributed by atoms with Gasteiger partial charge in [-0.2, -0.15) is 0 Å². The van der Waals surface area contributed by atoms with Crippen LogP contribution in [-0.2, 0) is 6.54 Å². The second-order valence-corrected chi connectivity index (χ2v) is 9.87. The van der Waals surface area contributed by atoms with Crippen molar-refractivity contribution in [2.75, 3.05) is 0 Å². The smallest absolute Gasteiger partial charge is 0.404 e. The number of alkyl halides is 3. The zero-order valence-electron chi connectivity index (χ0n) is 21.1. The number of aryl methyl sites for hydroxylation is 2. The van der Waals surface area contributed by atoms with E-state index in [0.29, 0.717) is 35.1 Å². The van der Waals surface area contributed by atoms with E-state index in [9.17, 15) is 22.4 Å². The Labute approximate surface area is 217 Å². The first kappa shape index (κ1) is 25.9. The number of aromatic nitrogens is 3. The third kappa shape index (κ3) is 5.28. The minimum absolute atomic E-state index is 0.0209. The fraction of sp³-hybridized carbons (Fsp3) is 0.345. The van der Waals surface area contributed by atoms with Crippen LogP contribution < -0.4 is 10.3 Å². The average Bonchev–Trinajstić information content (AvgIpc) is 2.86. The van der Waals surface area contributed by atoms with E-state index in [4.69, 9.17) is 0 Å². The lowest BCUT2D eigenvalue weighted by Gasteiger charge is -2.30. The third-order valence-electron chi connectivity index (χ3n) is 7.33. The minimum Gasteiger partial charge on any atom is -0.404 e. The molecule has 4 aromatic rings. The maximum Gasteiger partial charge on any atom is 0.573 e. The second kappa shape index (κ2) is 10.2. The molecule has 198 valence electrons. The van der Waals surface area contributed by atoms with Crippen molar-refractivity contribution in [1.82, 2.24) is 14.5 Å². The molecule has 1 saturated carbocycles. The summed E-state index contributed by atoms with van der Waals surface area (Å²) >= 11 is 0. The third-order valence-corrected chi connectivity index (χ3v) is 7.33. The monoisotopic (exact) mass is 525 g/mol. The highest BCUT2D eigenvalue weighted by molar-refractivity contribution is 5.76. The highest BCUT2D eigenvalue weighted by Gasteiger charge is 2.33. The zero-order chi connectivity index (χ0) is 27.0. The van der Waals surface area contributed by atoms with Crippen molar-refractivity contribution in [1.29, 1.82) is 0 Å². The maximum absolute atomic E-state index is 14.6. The summed E-state index contributed by atoms with van der Waals surface area (Å²) in [6.45, 7) is 3.47. The van der Waals surface area contributed by atoms with E-state index < -0.39 is 12.1 Å². The Balaban J connectivity index is 1.51. The largest absolute Gasteiger partial charge is 0.573 e. The molecule has 9 heteroatoms. The van der Waals surface area contributed by atoms with Crippen LogP contribution in [0.2, 0.25) is 0 Å². The van der Waals surface area contributed by atoms with Crippen LogP contribution in [0.5, 0.6) is 5.75 Å². The first-order valence-corrected chi connectivity index (χ1v) is 12.6. The number of halogens is 4. The lowest BCUT2D eigenvalue weighted by atomic mass is 9.75. The van der Waals surface area contributed by atoms with Crippen molar-refractivity contribution in [2.45, 2.75) is 64.3 Å². The number of fused-ring (bicyclic) bond motifs is 1. The molecule has 0 unspecified atom stereocenters. The van der Waals surface area contributed by atoms with Crippen LogP contribution in [0.3, 0.4) is 0 Å². The molecule has 38 heavy (non-hydrogen) atoms. The number of pyridine rings is 3. The number of ether oxygens (including phenoxy) is 1. The van der Waals surface area contributed by atoms with Gasteiger partial charge in [0.15, 0.2) is 5.75 Å². The van der Waals surface area contributed by atoms with E-state index in [2.05, 4.69) is 14.7 Å². The Morgan fingerprint density at radius 1 is 1.00 bits per heavy atom. The van der Waals surface area contributed by atoms with Crippen LogP contribution in [0.4, 0.5) is 17.6 Å². The van der Waals surface area contributed by atoms with Crippen molar-refractivity contribution >= 4 is 11.0 Å². The predicted molar refractivity (Wildman–Crippen MR) is 136 cm³/mol. The van der Waals surface area contributed by atoms with Crippen molar-refractivity contribution in [3.8, 4) is 5.75 Å². The van der Waals surface area contributed by atoms with Gasteiger partial charge in [-0.25, -0.2) is 9.37 Å². The molecular formula is C29H27F4N3O2.